The molecule has 1 heterocycles. The molecule has 0 saturated carbocycles. The summed E-state index contributed by atoms with van der Waals surface area (Å²) in [5.41, 5.74) is 1.89. The molecule has 1 aromatic carbocycles. The molecule has 1 unspecified atom stereocenters. The molecule has 2 N–H and O–H groups in total. The van der Waals surface area contributed by atoms with Crippen molar-refractivity contribution in [3.05, 3.63) is 23.8 Å². The molecule has 2 rings (SSSR count). The second-order valence-electron chi connectivity index (χ2n) is 3.27. The number of benzene rings is 1. The van der Waals surface area contributed by atoms with Gasteiger partial charge in [0.15, 0.2) is 0 Å². The first-order chi connectivity index (χ1) is 6.70. The van der Waals surface area contributed by atoms with Crippen LogP contribution in [0.5, 0.6) is 5.75 Å². The largest absolute Gasteiger partial charge is 0.497 e. The van der Waals surface area contributed by atoms with Gasteiger partial charge in [-0.05, 0) is 18.6 Å². The standard InChI is InChI=1S/C10H12N2O2/c1-6-8-4-3-7(14-2)5-9(8)12-10(13)11-6/h3-6H,1-2H3,(H2,11,12,13). The number of ether oxygens (including phenoxy) is 1. The fourth-order valence-electron chi connectivity index (χ4n) is 1.58. The quantitative estimate of drug-likeness (QED) is 0.713. The number of urea groups is 1. The van der Waals surface area contributed by atoms with Crippen LogP contribution in [0, 0.1) is 0 Å². The molecule has 0 aliphatic carbocycles. The summed E-state index contributed by atoms with van der Waals surface area (Å²) < 4.78 is 5.08. The molecule has 0 spiro atoms. The molecule has 4 nitrogen and oxygen atoms in total. The van der Waals surface area contributed by atoms with Crippen LogP contribution in [-0.2, 0) is 0 Å². The number of carbonyl (C=O) groups is 1. The molecule has 14 heavy (non-hydrogen) atoms. The molecule has 0 bridgehead atoms. The Balaban J connectivity index is 2.43. The lowest BCUT2D eigenvalue weighted by Gasteiger charge is -2.24. The van der Waals surface area contributed by atoms with Crippen LogP contribution in [0.3, 0.4) is 0 Å². The second kappa shape index (κ2) is 3.21. The van der Waals surface area contributed by atoms with Crippen molar-refractivity contribution in [1.82, 2.24) is 5.32 Å². The highest BCUT2D eigenvalue weighted by atomic mass is 16.5. The van der Waals surface area contributed by atoms with Crippen LogP contribution in [0.4, 0.5) is 10.5 Å². The molecular weight excluding hydrogens is 180 g/mol. The van der Waals surface area contributed by atoms with Gasteiger partial charge < -0.3 is 15.4 Å². The zero-order valence-corrected chi connectivity index (χ0v) is 8.13. The summed E-state index contributed by atoms with van der Waals surface area (Å²) in [5.74, 6) is 0.748. The number of nitrogens with one attached hydrogen (secondary N) is 2. The van der Waals surface area contributed by atoms with Gasteiger partial charge in [0.2, 0.25) is 0 Å². The van der Waals surface area contributed by atoms with Gasteiger partial charge >= 0.3 is 6.03 Å². The first kappa shape index (κ1) is 8.87. The van der Waals surface area contributed by atoms with E-state index in [2.05, 4.69) is 10.6 Å². The molecule has 0 saturated heterocycles. The van der Waals surface area contributed by atoms with Crippen molar-refractivity contribution < 1.29 is 9.53 Å². The van der Waals surface area contributed by atoms with Crippen LogP contribution in [0.15, 0.2) is 18.2 Å². The number of hydrogen-bond acceptors (Lipinski definition) is 2. The van der Waals surface area contributed by atoms with Crippen molar-refractivity contribution in [2.24, 2.45) is 0 Å². The smallest absolute Gasteiger partial charge is 0.319 e. The summed E-state index contributed by atoms with van der Waals surface area (Å²) in [6.45, 7) is 1.95. The number of carbonyl (C=O) groups excluding carboxylic acids is 1. The first-order valence-corrected chi connectivity index (χ1v) is 4.46. The SMILES string of the molecule is COc1ccc2c(c1)NC(=O)NC2C. The third-order valence-electron chi connectivity index (χ3n) is 2.32. The van der Waals surface area contributed by atoms with Crippen LogP contribution in [0.1, 0.15) is 18.5 Å². The van der Waals surface area contributed by atoms with E-state index in [4.69, 9.17) is 4.74 Å². The monoisotopic (exact) mass is 192 g/mol. The van der Waals surface area contributed by atoms with E-state index in [1.807, 2.05) is 25.1 Å². The van der Waals surface area contributed by atoms with Gasteiger partial charge in [-0.15, -0.1) is 0 Å². The maximum absolute atomic E-state index is 11.2. The van der Waals surface area contributed by atoms with Crippen molar-refractivity contribution in [1.29, 1.82) is 0 Å². The Morgan fingerprint density at radius 1 is 1.43 bits per heavy atom. The topological polar surface area (TPSA) is 50.4 Å². The highest BCUT2D eigenvalue weighted by molar-refractivity contribution is 5.93. The number of anilines is 1. The Morgan fingerprint density at radius 2 is 2.21 bits per heavy atom. The lowest BCUT2D eigenvalue weighted by Crippen LogP contribution is -2.36. The van der Waals surface area contributed by atoms with Gasteiger partial charge in [-0.3, -0.25) is 0 Å². The van der Waals surface area contributed by atoms with Crippen molar-refractivity contribution >= 4 is 11.7 Å². The Bertz CT molecular complexity index is 376. The molecule has 1 aliphatic rings. The van der Waals surface area contributed by atoms with E-state index in [9.17, 15) is 4.79 Å². The predicted octanol–water partition coefficient (Wildman–Crippen LogP) is 1.89. The van der Waals surface area contributed by atoms with Crippen LogP contribution in [-0.4, -0.2) is 13.1 Å². The maximum atomic E-state index is 11.2. The summed E-state index contributed by atoms with van der Waals surface area (Å²) in [6, 6.07) is 5.53. The number of fused-ring (bicyclic) bond motifs is 1. The number of rotatable bonds is 1. The molecular formula is C10H12N2O2. The van der Waals surface area contributed by atoms with Crippen LogP contribution < -0.4 is 15.4 Å². The van der Waals surface area contributed by atoms with Crippen molar-refractivity contribution in [2.75, 3.05) is 12.4 Å². The molecule has 74 valence electrons. The van der Waals surface area contributed by atoms with Crippen molar-refractivity contribution in [3.8, 4) is 5.75 Å². The average Bonchev–Trinajstić information content (AvgIpc) is 2.16. The van der Waals surface area contributed by atoms with E-state index < -0.39 is 0 Å². The summed E-state index contributed by atoms with van der Waals surface area (Å²) in [6.07, 6.45) is 0. The zero-order chi connectivity index (χ0) is 10.1. The fraction of sp³-hybridized carbons (Fsp3) is 0.300. The molecule has 2 amide bonds. The van der Waals surface area contributed by atoms with E-state index in [0.29, 0.717) is 0 Å². The minimum Gasteiger partial charge on any atom is -0.497 e. The van der Waals surface area contributed by atoms with E-state index >= 15 is 0 Å². The van der Waals surface area contributed by atoms with E-state index in [-0.39, 0.29) is 12.1 Å². The predicted molar refractivity (Wildman–Crippen MR) is 53.6 cm³/mol. The number of methoxy groups -OCH3 is 1. The first-order valence-electron chi connectivity index (χ1n) is 4.46. The van der Waals surface area contributed by atoms with Crippen molar-refractivity contribution in [2.45, 2.75) is 13.0 Å². The van der Waals surface area contributed by atoms with E-state index in [0.717, 1.165) is 17.0 Å². The van der Waals surface area contributed by atoms with E-state index in [1.165, 1.54) is 0 Å². The summed E-state index contributed by atoms with van der Waals surface area (Å²) in [7, 11) is 1.61. The normalized spacial score (nSPS) is 19.3. The third kappa shape index (κ3) is 1.39. The van der Waals surface area contributed by atoms with Gasteiger partial charge in [-0.2, -0.15) is 0 Å². The number of hydrogen-bond donors (Lipinski definition) is 2. The molecule has 4 heteroatoms. The molecule has 0 aromatic heterocycles. The zero-order valence-electron chi connectivity index (χ0n) is 8.13. The average molecular weight is 192 g/mol. The Morgan fingerprint density at radius 3 is 2.93 bits per heavy atom. The van der Waals surface area contributed by atoms with Gasteiger partial charge in [-0.25, -0.2) is 4.79 Å². The lowest BCUT2D eigenvalue weighted by molar-refractivity contribution is 0.248. The van der Waals surface area contributed by atoms with Crippen molar-refractivity contribution in [3.63, 3.8) is 0 Å². The fourth-order valence-corrected chi connectivity index (χ4v) is 1.58. The minimum absolute atomic E-state index is 0.0460. The molecule has 1 aliphatic heterocycles. The summed E-state index contributed by atoms with van der Waals surface area (Å²) >= 11 is 0. The lowest BCUT2D eigenvalue weighted by atomic mass is 10.0. The van der Waals surface area contributed by atoms with E-state index in [1.54, 1.807) is 7.11 Å². The van der Waals surface area contributed by atoms with Gasteiger partial charge in [0.25, 0.3) is 0 Å². The third-order valence-corrected chi connectivity index (χ3v) is 2.32. The molecule has 1 aromatic rings. The number of amides is 2. The van der Waals surface area contributed by atoms with Gasteiger partial charge in [-0.1, -0.05) is 6.07 Å². The van der Waals surface area contributed by atoms with Crippen LogP contribution in [0.2, 0.25) is 0 Å². The van der Waals surface area contributed by atoms with Crippen LogP contribution >= 0.6 is 0 Å². The molecule has 0 fully saturated rings. The highest BCUT2D eigenvalue weighted by Crippen LogP contribution is 2.29. The van der Waals surface area contributed by atoms with Gasteiger partial charge in [0, 0.05) is 6.07 Å². The Hall–Kier alpha value is -1.71. The highest BCUT2D eigenvalue weighted by Gasteiger charge is 2.20. The Kier molecular flexibility index (Phi) is 2.04. The summed E-state index contributed by atoms with van der Waals surface area (Å²) in [4.78, 5) is 11.2. The van der Waals surface area contributed by atoms with Gasteiger partial charge in [0.05, 0.1) is 18.8 Å². The maximum Gasteiger partial charge on any atom is 0.319 e. The summed E-state index contributed by atoms with van der Waals surface area (Å²) in [5, 5.41) is 5.52. The van der Waals surface area contributed by atoms with Gasteiger partial charge in [0.1, 0.15) is 5.75 Å². The van der Waals surface area contributed by atoms with Crippen LogP contribution in [0.25, 0.3) is 0 Å². The molecule has 1 atom stereocenters. The Labute approximate surface area is 82.3 Å². The second-order valence-corrected chi connectivity index (χ2v) is 3.27. The molecule has 0 radical (unpaired) electrons. The minimum atomic E-state index is -0.168.